The molecular weight excluding hydrogens is 342 g/mol. The van der Waals surface area contributed by atoms with Gasteiger partial charge in [-0.2, -0.15) is 5.10 Å². The third kappa shape index (κ3) is 3.61. The van der Waals surface area contributed by atoms with Gasteiger partial charge in [0.25, 0.3) is 0 Å². The van der Waals surface area contributed by atoms with E-state index in [1.807, 2.05) is 38.4 Å². The number of aromatic nitrogens is 2. The summed E-state index contributed by atoms with van der Waals surface area (Å²) < 4.78 is 2.68. The Kier molecular flexibility index (Phi) is 5.21. The summed E-state index contributed by atoms with van der Waals surface area (Å²) in [6.45, 7) is 1.51. The molecule has 0 bridgehead atoms. The molecule has 0 saturated carbocycles. The SMILES string of the molecule is CN(C)CCn1ncc(Cl)c1C(O)c1cccc(Br)c1. The summed E-state index contributed by atoms with van der Waals surface area (Å²) in [5.74, 6) is 0. The molecule has 2 rings (SSSR count). The molecular formula is C14H17BrClN3O. The van der Waals surface area contributed by atoms with Gasteiger partial charge >= 0.3 is 0 Å². The Morgan fingerprint density at radius 1 is 1.45 bits per heavy atom. The Bertz CT molecular complexity index is 586. The van der Waals surface area contributed by atoms with Gasteiger partial charge in [-0.15, -0.1) is 0 Å². The van der Waals surface area contributed by atoms with E-state index >= 15 is 0 Å². The van der Waals surface area contributed by atoms with Crippen LogP contribution in [0.2, 0.25) is 5.02 Å². The van der Waals surface area contributed by atoms with Gasteiger partial charge in [0, 0.05) is 11.0 Å². The van der Waals surface area contributed by atoms with Gasteiger partial charge in [0.05, 0.1) is 23.5 Å². The van der Waals surface area contributed by atoms with Crippen molar-refractivity contribution >= 4 is 27.5 Å². The van der Waals surface area contributed by atoms with Gasteiger partial charge in [-0.25, -0.2) is 0 Å². The van der Waals surface area contributed by atoms with Crippen LogP contribution >= 0.6 is 27.5 Å². The molecule has 2 aromatic rings. The van der Waals surface area contributed by atoms with E-state index in [1.54, 1.807) is 10.9 Å². The van der Waals surface area contributed by atoms with E-state index in [4.69, 9.17) is 11.6 Å². The second kappa shape index (κ2) is 6.72. The first kappa shape index (κ1) is 15.5. The summed E-state index contributed by atoms with van der Waals surface area (Å²) in [4.78, 5) is 2.06. The van der Waals surface area contributed by atoms with Crippen molar-refractivity contribution in [1.82, 2.24) is 14.7 Å². The molecule has 0 aliphatic heterocycles. The first-order chi connectivity index (χ1) is 9.49. The summed E-state index contributed by atoms with van der Waals surface area (Å²) in [6.07, 6.45) is 0.790. The predicted octanol–water partition coefficient (Wildman–Crippen LogP) is 2.94. The predicted molar refractivity (Wildman–Crippen MR) is 84.0 cm³/mol. The maximum Gasteiger partial charge on any atom is 0.122 e. The molecule has 108 valence electrons. The van der Waals surface area contributed by atoms with E-state index < -0.39 is 6.10 Å². The fourth-order valence-corrected chi connectivity index (χ4v) is 2.61. The molecule has 0 amide bonds. The van der Waals surface area contributed by atoms with Crippen LogP contribution in [-0.4, -0.2) is 40.4 Å². The van der Waals surface area contributed by atoms with Crippen molar-refractivity contribution in [3.05, 3.63) is 51.2 Å². The van der Waals surface area contributed by atoms with Gasteiger partial charge in [-0.05, 0) is 31.8 Å². The molecule has 1 unspecified atom stereocenters. The first-order valence-corrected chi connectivity index (χ1v) is 7.45. The zero-order chi connectivity index (χ0) is 14.7. The Labute approximate surface area is 132 Å². The minimum atomic E-state index is -0.787. The van der Waals surface area contributed by atoms with Gasteiger partial charge in [-0.1, -0.05) is 39.7 Å². The van der Waals surface area contributed by atoms with Gasteiger partial charge in [0.1, 0.15) is 6.10 Å². The van der Waals surface area contributed by atoms with Crippen LogP contribution in [0.5, 0.6) is 0 Å². The normalized spacial score (nSPS) is 12.9. The number of aliphatic hydroxyl groups is 1. The van der Waals surface area contributed by atoms with Crippen molar-refractivity contribution in [3.8, 4) is 0 Å². The Morgan fingerprint density at radius 3 is 2.85 bits per heavy atom. The average molecular weight is 359 g/mol. The van der Waals surface area contributed by atoms with Crippen LogP contribution in [0.1, 0.15) is 17.4 Å². The average Bonchev–Trinajstić information content (AvgIpc) is 2.76. The highest BCUT2D eigenvalue weighted by atomic mass is 79.9. The summed E-state index contributed by atoms with van der Waals surface area (Å²) in [5, 5.41) is 15.3. The lowest BCUT2D eigenvalue weighted by molar-refractivity contribution is 0.205. The fraction of sp³-hybridized carbons (Fsp3) is 0.357. The standard InChI is InChI=1S/C14H17BrClN3O/c1-18(2)6-7-19-13(12(16)9-17-19)14(20)10-4-3-5-11(15)8-10/h3-5,8-9,14,20H,6-7H2,1-2H3. The van der Waals surface area contributed by atoms with Crippen molar-refractivity contribution < 1.29 is 5.11 Å². The van der Waals surface area contributed by atoms with E-state index in [1.165, 1.54) is 0 Å². The molecule has 0 aliphatic carbocycles. The van der Waals surface area contributed by atoms with E-state index in [0.717, 1.165) is 16.6 Å². The van der Waals surface area contributed by atoms with Crippen molar-refractivity contribution in [2.45, 2.75) is 12.6 Å². The molecule has 4 nitrogen and oxygen atoms in total. The van der Waals surface area contributed by atoms with Gasteiger partial charge in [0.2, 0.25) is 0 Å². The number of benzene rings is 1. The zero-order valence-electron chi connectivity index (χ0n) is 11.4. The lowest BCUT2D eigenvalue weighted by Gasteiger charge is -2.16. The second-order valence-electron chi connectivity index (χ2n) is 4.86. The van der Waals surface area contributed by atoms with E-state index in [9.17, 15) is 5.11 Å². The molecule has 1 aromatic heterocycles. The fourth-order valence-electron chi connectivity index (χ4n) is 1.95. The zero-order valence-corrected chi connectivity index (χ0v) is 13.8. The molecule has 1 aromatic carbocycles. The van der Waals surface area contributed by atoms with Crippen molar-refractivity contribution in [3.63, 3.8) is 0 Å². The molecule has 0 saturated heterocycles. The molecule has 0 fully saturated rings. The van der Waals surface area contributed by atoms with Crippen molar-refractivity contribution in [2.75, 3.05) is 20.6 Å². The summed E-state index contributed by atoms with van der Waals surface area (Å²) in [7, 11) is 3.99. The van der Waals surface area contributed by atoms with E-state index in [2.05, 4.69) is 25.9 Å². The van der Waals surface area contributed by atoms with Crippen LogP contribution < -0.4 is 0 Å². The highest BCUT2D eigenvalue weighted by Gasteiger charge is 2.20. The first-order valence-electron chi connectivity index (χ1n) is 6.28. The molecule has 0 aliphatic rings. The monoisotopic (exact) mass is 357 g/mol. The van der Waals surface area contributed by atoms with Crippen LogP contribution in [-0.2, 0) is 6.54 Å². The minimum absolute atomic E-state index is 0.483. The maximum absolute atomic E-state index is 10.6. The quantitative estimate of drug-likeness (QED) is 0.893. The molecule has 1 atom stereocenters. The highest BCUT2D eigenvalue weighted by molar-refractivity contribution is 9.10. The number of hydrogen-bond donors (Lipinski definition) is 1. The third-order valence-corrected chi connectivity index (χ3v) is 3.80. The summed E-state index contributed by atoms with van der Waals surface area (Å²) >= 11 is 9.58. The van der Waals surface area contributed by atoms with Crippen molar-refractivity contribution in [2.24, 2.45) is 0 Å². The smallest absolute Gasteiger partial charge is 0.122 e. The molecule has 20 heavy (non-hydrogen) atoms. The molecule has 0 radical (unpaired) electrons. The van der Waals surface area contributed by atoms with Gasteiger partial charge < -0.3 is 10.0 Å². The van der Waals surface area contributed by atoms with Gasteiger partial charge in [-0.3, -0.25) is 4.68 Å². The largest absolute Gasteiger partial charge is 0.382 e. The third-order valence-electron chi connectivity index (χ3n) is 3.02. The molecule has 1 N–H and O–H groups in total. The maximum atomic E-state index is 10.6. The van der Waals surface area contributed by atoms with E-state index in [-0.39, 0.29) is 0 Å². The highest BCUT2D eigenvalue weighted by Crippen LogP contribution is 2.29. The Balaban J connectivity index is 2.29. The van der Waals surface area contributed by atoms with E-state index in [0.29, 0.717) is 17.3 Å². The number of aliphatic hydroxyl groups excluding tert-OH is 1. The lowest BCUT2D eigenvalue weighted by Crippen LogP contribution is -2.21. The number of halogens is 2. The number of likely N-dealkylation sites (N-methyl/N-ethyl adjacent to an activating group) is 1. The number of nitrogens with zero attached hydrogens (tertiary/aromatic N) is 3. The van der Waals surface area contributed by atoms with Gasteiger partial charge in [0.15, 0.2) is 0 Å². The van der Waals surface area contributed by atoms with Crippen LogP contribution in [0.3, 0.4) is 0 Å². The summed E-state index contributed by atoms with van der Waals surface area (Å²) in [5.41, 5.74) is 1.42. The van der Waals surface area contributed by atoms with Crippen LogP contribution in [0.4, 0.5) is 0 Å². The van der Waals surface area contributed by atoms with Crippen LogP contribution in [0.15, 0.2) is 34.9 Å². The Morgan fingerprint density at radius 2 is 2.20 bits per heavy atom. The summed E-state index contributed by atoms with van der Waals surface area (Å²) in [6, 6.07) is 7.55. The van der Waals surface area contributed by atoms with Crippen LogP contribution in [0.25, 0.3) is 0 Å². The molecule has 1 heterocycles. The number of rotatable bonds is 5. The minimum Gasteiger partial charge on any atom is -0.382 e. The second-order valence-corrected chi connectivity index (χ2v) is 6.18. The molecule has 0 spiro atoms. The topological polar surface area (TPSA) is 41.3 Å². The molecule has 6 heteroatoms. The lowest BCUT2D eigenvalue weighted by atomic mass is 10.1. The number of hydrogen-bond acceptors (Lipinski definition) is 3. The van der Waals surface area contributed by atoms with Crippen LogP contribution in [0, 0.1) is 0 Å². The van der Waals surface area contributed by atoms with Crippen molar-refractivity contribution in [1.29, 1.82) is 0 Å². The Hall–Kier alpha value is -0.880.